The largest absolute Gasteiger partial charge is 0.340 e. The van der Waals surface area contributed by atoms with E-state index in [1.54, 1.807) is 34.9 Å². The smallest absolute Gasteiger partial charge is 0.236 e. The van der Waals surface area contributed by atoms with Gasteiger partial charge in [-0.25, -0.2) is 4.98 Å². The number of rotatable bonds is 4. The fraction of sp³-hybridized carbons (Fsp3) is 0.182. The summed E-state index contributed by atoms with van der Waals surface area (Å²) in [5.41, 5.74) is 3.27. The Labute approximate surface area is 184 Å². The topological polar surface area (TPSA) is 45.2 Å². The van der Waals surface area contributed by atoms with Crippen molar-refractivity contribution in [1.82, 2.24) is 4.98 Å². The second-order valence-electron chi connectivity index (χ2n) is 6.81. The maximum Gasteiger partial charge on any atom is 0.236 e. The molecular weight excluding hydrogens is 425 g/mol. The van der Waals surface area contributed by atoms with Gasteiger partial charge in [-0.2, -0.15) is 0 Å². The summed E-state index contributed by atoms with van der Waals surface area (Å²) in [5.74, 6) is 0.248. The van der Waals surface area contributed by atoms with Crippen LogP contribution >= 0.6 is 35.0 Å². The number of para-hydroxylation sites is 1. The van der Waals surface area contributed by atoms with Gasteiger partial charge in [-0.3, -0.25) is 4.79 Å². The van der Waals surface area contributed by atoms with Crippen molar-refractivity contribution in [1.29, 1.82) is 0 Å². The van der Waals surface area contributed by atoms with Gasteiger partial charge in [-0.1, -0.05) is 41.4 Å². The zero-order valence-electron chi connectivity index (χ0n) is 15.9. The number of pyridine rings is 1. The highest BCUT2D eigenvalue weighted by Crippen LogP contribution is 2.39. The van der Waals surface area contributed by atoms with E-state index in [2.05, 4.69) is 17.4 Å². The van der Waals surface area contributed by atoms with Gasteiger partial charge in [0.15, 0.2) is 0 Å². The van der Waals surface area contributed by atoms with E-state index in [0.29, 0.717) is 28.1 Å². The summed E-state index contributed by atoms with van der Waals surface area (Å²) < 4.78 is 0. The Bertz CT molecular complexity index is 1070. The molecule has 4 nitrogen and oxygen atoms in total. The highest BCUT2D eigenvalue weighted by molar-refractivity contribution is 7.98. The van der Waals surface area contributed by atoms with Gasteiger partial charge >= 0.3 is 0 Å². The van der Waals surface area contributed by atoms with E-state index >= 15 is 0 Å². The molecule has 1 atom stereocenters. The van der Waals surface area contributed by atoms with Crippen LogP contribution in [-0.4, -0.2) is 17.1 Å². The zero-order valence-corrected chi connectivity index (χ0v) is 18.3. The molecule has 29 heavy (non-hydrogen) atoms. The minimum absolute atomic E-state index is 0.0680. The summed E-state index contributed by atoms with van der Waals surface area (Å²) in [4.78, 5) is 20.6. The number of thioether (sulfide) groups is 1. The highest BCUT2D eigenvalue weighted by atomic mass is 35.5. The molecule has 1 aromatic heterocycles. The molecule has 148 valence electrons. The Morgan fingerprint density at radius 2 is 1.83 bits per heavy atom. The Morgan fingerprint density at radius 1 is 1.10 bits per heavy atom. The third-order valence-electron chi connectivity index (χ3n) is 4.94. The van der Waals surface area contributed by atoms with Crippen LogP contribution in [0, 0.1) is 0 Å². The summed E-state index contributed by atoms with van der Waals surface area (Å²) in [7, 11) is 0. The Morgan fingerprint density at radius 3 is 2.55 bits per heavy atom. The molecule has 1 amide bonds. The van der Waals surface area contributed by atoms with Gasteiger partial charge in [0.2, 0.25) is 5.91 Å². The summed E-state index contributed by atoms with van der Waals surface area (Å²) in [6.07, 6.45) is 2.04. The first kappa shape index (κ1) is 20.1. The average molecular weight is 444 g/mol. The van der Waals surface area contributed by atoms with Crippen LogP contribution in [0.1, 0.15) is 24.1 Å². The molecule has 4 rings (SSSR count). The molecule has 0 fully saturated rings. The van der Waals surface area contributed by atoms with Crippen molar-refractivity contribution in [3.05, 3.63) is 75.9 Å². The fourth-order valence-electron chi connectivity index (χ4n) is 3.47. The van der Waals surface area contributed by atoms with E-state index in [4.69, 9.17) is 28.2 Å². The van der Waals surface area contributed by atoms with E-state index in [-0.39, 0.29) is 5.91 Å². The molecule has 1 N–H and O–H groups in total. The molecule has 7 heteroatoms. The molecule has 0 radical (unpaired) electrons. The number of anilines is 3. The quantitative estimate of drug-likeness (QED) is 0.467. The van der Waals surface area contributed by atoms with Crippen LogP contribution in [0.4, 0.5) is 17.2 Å². The minimum atomic E-state index is -0.398. The summed E-state index contributed by atoms with van der Waals surface area (Å²) in [6.45, 7) is 2.25. The van der Waals surface area contributed by atoms with Crippen LogP contribution in [0.5, 0.6) is 0 Å². The van der Waals surface area contributed by atoms with E-state index < -0.39 is 5.92 Å². The number of carbonyl (C=O) groups excluding carboxylic acids is 1. The number of nitrogens with zero attached hydrogens (tertiary/aromatic N) is 2. The molecule has 1 unspecified atom stereocenters. The SMILES string of the molecule is CSc1cccc(Nc2ccc3c(n2)C(C)C(=O)N(c2c(Cl)cccc2Cl)C3)c1. The van der Waals surface area contributed by atoms with Crippen LogP contribution in [0.25, 0.3) is 0 Å². The number of amides is 1. The Kier molecular flexibility index (Phi) is 5.72. The fourth-order valence-corrected chi connectivity index (χ4v) is 4.53. The van der Waals surface area contributed by atoms with Crippen molar-refractivity contribution in [2.75, 3.05) is 16.5 Å². The van der Waals surface area contributed by atoms with Gasteiger partial charge in [-0.05, 0) is 55.1 Å². The monoisotopic (exact) mass is 443 g/mol. The molecule has 0 spiro atoms. The van der Waals surface area contributed by atoms with Crippen LogP contribution in [0.3, 0.4) is 0 Å². The molecule has 0 saturated carbocycles. The van der Waals surface area contributed by atoms with Gasteiger partial charge in [-0.15, -0.1) is 11.8 Å². The van der Waals surface area contributed by atoms with Crippen molar-refractivity contribution in [2.24, 2.45) is 0 Å². The van der Waals surface area contributed by atoms with E-state index in [9.17, 15) is 4.79 Å². The number of nitrogens with one attached hydrogen (secondary N) is 1. The molecule has 0 aliphatic carbocycles. The van der Waals surface area contributed by atoms with E-state index in [0.717, 1.165) is 16.9 Å². The van der Waals surface area contributed by atoms with Gasteiger partial charge in [0, 0.05) is 10.6 Å². The van der Waals surface area contributed by atoms with Gasteiger partial charge in [0.05, 0.1) is 33.9 Å². The van der Waals surface area contributed by atoms with Crippen LogP contribution in [0.15, 0.2) is 59.5 Å². The number of fused-ring (bicyclic) bond motifs is 1. The Hall–Kier alpha value is -2.21. The summed E-state index contributed by atoms with van der Waals surface area (Å²) in [5, 5.41) is 4.25. The normalized spacial score (nSPS) is 15.9. The lowest BCUT2D eigenvalue weighted by molar-refractivity contribution is -0.120. The van der Waals surface area contributed by atoms with Crippen LogP contribution in [-0.2, 0) is 11.3 Å². The van der Waals surface area contributed by atoms with Crippen molar-refractivity contribution < 1.29 is 4.79 Å². The first-order chi connectivity index (χ1) is 14.0. The number of benzene rings is 2. The lowest BCUT2D eigenvalue weighted by atomic mass is 9.95. The first-order valence-corrected chi connectivity index (χ1v) is 11.1. The maximum absolute atomic E-state index is 13.1. The molecule has 0 bridgehead atoms. The number of halogens is 2. The maximum atomic E-state index is 13.1. The second kappa shape index (κ2) is 8.27. The van der Waals surface area contributed by atoms with Crippen LogP contribution in [0.2, 0.25) is 10.0 Å². The molecule has 1 aliphatic rings. The molecule has 1 aliphatic heterocycles. The summed E-state index contributed by atoms with van der Waals surface area (Å²) >= 11 is 14.4. The number of aromatic nitrogens is 1. The predicted octanol–water partition coefficient (Wildman–Crippen LogP) is 6.50. The number of hydrogen-bond acceptors (Lipinski definition) is 4. The molecule has 2 heterocycles. The van der Waals surface area contributed by atoms with Crippen molar-refractivity contribution in [3.8, 4) is 0 Å². The van der Waals surface area contributed by atoms with Crippen molar-refractivity contribution >= 4 is 58.1 Å². The molecular formula is C22H19Cl2N3OS. The Balaban J connectivity index is 1.65. The van der Waals surface area contributed by atoms with Gasteiger partial charge in [0.1, 0.15) is 5.82 Å². The van der Waals surface area contributed by atoms with Gasteiger partial charge in [0.25, 0.3) is 0 Å². The lowest BCUT2D eigenvalue weighted by Gasteiger charge is -2.33. The second-order valence-corrected chi connectivity index (χ2v) is 8.51. The predicted molar refractivity (Wildman–Crippen MR) is 122 cm³/mol. The highest BCUT2D eigenvalue weighted by Gasteiger charge is 2.34. The van der Waals surface area contributed by atoms with Crippen LogP contribution < -0.4 is 10.2 Å². The first-order valence-electron chi connectivity index (χ1n) is 9.14. The molecule has 0 saturated heterocycles. The van der Waals surface area contributed by atoms with Crippen molar-refractivity contribution in [3.63, 3.8) is 0 Å². The molecule has 3 aromatic rings. The minimum Gasteiger partial charge on any atom is -0.340 e. The van der Waals surface area contributed by atoms with Gasteiger partial charge < -0.3 is 10.2 Å². The number of carbonyl (C=O) groups is 1. The van der Waals surface area contributed by atoms with E-state index in [1.807, 2.05) is 37.4 Å². The average Bonchev–Trinajstić information content (AvgIpc) is 2.72. The molecule has 2 aromatic carbocycles. The standard InChI is InChI=1S/C22H19Cl2N3OS/c1-13-20-14(12-27(22(13)28)21-17(23)7-4-8-18(21)24)9-10-19(26-20)25-15-5-3-6-16(11-15)29-2/h3-11,13H,12H2,1-2H3,(H,25,26). The number of hydrogen-bond donors (Lipinski definition) is 1. The lowest BCUT2D eigenvalue weighted by Crippen LogP contribution is -2.39. The third kappa shape index (κ3) is 3.95. The zero-order chi connectivity index (χ0) is 20.5. The van der Waals surface area contributed by atoms with E-state index in [1.165, 1.54) is 4.90 Å². The summed E-state index contributed by atoms with van der Waals surface area (Å²) in [6, 6.07) is 17.3. The van der Waals surface area contributed by atoms with Crippen molar-refractivity contribution in [2.45, 2.75) is 24.3 Å². The third-order valence-corrected chi connectivity index (χ3v) is 6.27.